The lowest BCUT2D eigenvalue weighted by atomic mass is 10.0. The number of nitrogens with two attached hydrogens (primary N) is 1. The summed E-state index contributed by atoms with van der Waals surface area (Å²) in [6.45, 7) is 0. The van der Waals surface area contributed by atoms with Gasteiger partial charge < -0.3 is 15.4 Å². The maximum atomic E-state index is 9.79. The van der Waals surface area contributed by atoms with Crippen LogP contribution in [-0.4, -0.2) is 15.9 Å². The predicted molar refractivity (Wildman–Crippen MR) is 68.9 cm³/mol. The monoisotopic (exact) mass is 244 g/mol. The van der Waals surface area contributed by atoms with Crippen LogP contribution in [-0.2, 0) is 6.42 Å². The van der Waals surface area contributed by atoms with E-state index in [-0.39, 0.29) is 5.60 Å². The Hall–Kier alpha value is -1.81. The fourth-order valence-electron chi connectivity index (χ4n) is 2.09. The minimum atomic E-state index is -0.377. The molecule has 0 spiro atoms. The van der Waals surface area contributed by atoms with Crippen LogP contribution >= 0.6 is 0 Å². The highest BCUT2D eigenvalue weighted by molar-refractivity contribution is 5.71. The van der Waals surface area contributed by atoms with Gasteiger partial charge in [-0.15, -0.1) is 0 Å². The average molecular weight is 244 g/mol. The van der Waals surface area contributed by atoms with E-state index < -0.39 is 0 Å². The first-order chi connectivity index (χ1) is 8.66. The molecule has 2 aromatic rings. The van der Waals surface area contributed by atoms with Crippen molar-refractivity contribution in [3.8, 4) is 11.1 Å². The molecule has 1 aliphatic carbocycles. The first kappa shape index (κ1) is 11.3. The van der Waals surface area contributed by atoms with Crippen molar-refractivity contribution in [2.24, 2.45) is 0 Å². The number of hydrogen-bond donors (Lipinski definition) is 2. The number of nitrogen functional groups attached to an aromatic ring is 1. The Bertz CT molecular complexity index is 541. The number of aryl methyl sites for hydroxylation is 1. The highest BCUT2D eigenvalue weighted by atomic mass is 16.5. The summed E-state index contributed by atoms with van der Waals surface area (Å²) in [6, 6.07) is 8.14. The minimum absolute atomic E-state index is 0.343. The number of aliphatic hydroxyl groups is 1. The second-order valence-corrected chi connectivity index (χ2v) is 5.02. The fraction of sp³-hybridized carbons (Fsp3) is 0.357. The van der Waals surface area contributed by atoms with Crippen molar-refractivity contribution < 1.29 is 9.63 Å². The third-order valence-corrected chi connectivity index (χ3v) is 3.57. The highest BCUT2D eigenvalue weighted by Gasteiger charge is 2.39. The quantitative estimate of drug-likeness (QED) is 0.866. The number of rotatable bonds is 4. The average Bonchev–Trinajstić information content (AvgIpc) is 2.96. The van der Waals surface area contributed by atoms with E-state index in [2.05, 4.69) is 17.3 Å². The second kappa shape index (κ2) is 4.14. The Balaban J connectivity index is 1.71. The van der Waals surface area contributed by atoms with Gasteiger partial charge in [-0.3, -0.25) is 0 Å². The van der Waals surface area contributed by atoms with Crippen molar-refractivity contribution in [1.82, 2.24) is 5.16 Å². The lowest BCUT2D eigenvalue weighted by Crippen LogP contribution is -2.07. The molecule has 4 heteroatoms. The summed E-state index contributed by atoms with van der Waals surface area (Å²) in [5.41, 5.74) is 8.35. The van der Waals surface area contributed by atoms with Gasteiger partial charge in [0.25, 0.3) is 0 Å². The fourth-order valence-corrected chi connectivity index (χ4v) is 2.09. The molecule has 1 aliphatic rings. The van der Waals surface area contributed by atoms with E-state index in [9.17, 15) is 5.11 Å². The van der Waals surface area contributed by atoms with Crippen molar-refractivity contribution in [3.05, 3.63) is 36.0 Å². The molecule has 0 radical (unpaired) electrons. The maximum absolute atomic E-state index is 9.79. The van der Waals surface area contributed by atoms with E-state index in [1.807, 2.05) is 12.1 Å². The van der Waals surface area contributed by atoms with Crippen LogP contribution in [0.2, 0.25) is 0 Å². The molecule has 0 saturated heterocycles. The van der Waals surface area contributed by atoms with E-state index in [4.69, 9.17) is 10.3 Å². The lowest BCUT2D eigenvalue weighted by molar-refractivity contribution is 0.140. The molecule has 94 valence electrons. The molecule has 0 amide bonds. The molecule has 3 N–H and O–H groups in total. The Morgan fingerprint density at radius 3 is 2.56 bits per heavy atom. The molecule has 0 unspecified atom stereocenters. The van der Waals surface area contributed by atoms with Crippen molar-refractivity contribution >= 4 is 5.88 Å². The van der Waals surface area contributed by atoms with E-state index in [0.29, 0.717) is 5.88 Å². The van der Waals surface area contributed by atoms with Crippen LogP contribution in [0.1, 0.15) is 24.8 Å². The zero-order valence-electron chi connectivity index (χ0n) is 10.1. The summed E-state index contributed by atoms with van der Waals surface area (Å²) >= 11 is 0. The smallest absolute Gasteiger partial charge is 0.229 e. The van der Waals surface area contributed by atoms with Gasteiger partial charge in [-0.2, -0.15) is 0 Å². The van der Waals surface area contributed by atoms with Crippen molar-refractivity contribution in [2.45, 2.75) is 31.3 Å². The molecule has 4 nitrogen and oxygen atoms in total. The van der Waals surface area contributed by atoms with Crippen molar-refractivity contribution in [3.63, 3.8) is 0 Å². The summed E-state index contributed by atoms with van der Waals surface area (Å²) in [7, 11) is 0. The standard InChI is InChI=1S/C14H16N2O2/c15-13-12(9-16-18-13)11-3-1-10(2-4-11)5-6-14(17)7-8-14/h1-4,9,17H,5-8,15H2. The number of aromatic nitrogens is 1. The Kier molecular flexibility index (Phi) is 2.59. The van der Waals surface area contributed by atoms with E-state index in [0.717, 1.165) is 36.8 Å². The van der Waals surface area contributed by atoms with Gasteiger partial charge in [-0.1, -0.05) is 29.4 Å². The number of nitrogens with zero attached hydrogens (tertiary/aromatic N) is 1. The summed E-state index contributed by atoms with van der Waals surface area (Å²) in [6.07, 6.45) is 5.28. The van der Waals surface area contributed by atoms with Crippen LogP contribution in [0.25, 0.3) is 11.1 Å². The first-order valence-corrected chi connectivity index (χ1v) is 6.18. The molecule has 18 heavy (non-hydrogen) atoms. The zero-order chi connectivity index (χ0) is 12.6. The third kappa shape index (κ3) is 2.24. The van der Waals surface area contributed by atoms with Gasteiger partial charge in [0.2, 0.25) is 5.88 Å². The van der Waals surface area contributed by atoms with Gasteiger partial charge in [0, 0.05) is 0 Å². The molecule has 0 atom stereocenters. The molecule has 1 heterocycles. The molecule has 1 fully saturated rings. The van der Waals surface area contributed by atoms with E-state index >= 15 is 0 Å². The number of anilines is 1. The normalized spacial score (nSPS) is 16.7. The third-order valence-electron chi connectivity index (χ3n) is 3.57. The molecule has 1 aromatic carbocycles. The summed E-state index contributed by atoms with van der Waals surface area (Å²) in [4.78, 5) is 0. The van der Waals surface area contributed by atoms with Gasteiger partial charge in [-0.25, -0.2) is 0 Å². The summed E-state index contributed by atoms with van der Waals surface area (Å²) < 4.78 is 4.84. The molecule has 3 rings (SSSR count). The number of hydrogen-bond acceptors (Lipinski definition) is 4. The highest BCUT2D eigenvalue weighted by Crippen LogP contribution is 2.39. The summed E-state index contributed by atoms with van der Waals surface area (Å²) in [5.74, 6) is 0.343. The predicted octanol–water partition coefficient (Wildman–Crippen LogP) is 2.38. The molecular weight excluding hydrogens is 228 g/mol. The number of benzene rings is 1. The molecule has 0 bridgehead atoms. The van der Waals surface area contributed by atoms with Crippen LogP contribution in [0.15, 0.2) is 35.0 Å². The Morgan fingerprint density at radius 1 is 1.28 bits per heavy atom. The minimum Gasteiger partial charge on any atom is -0.390 e. The van der Waals surface area contributed by atoms with Gasteiger partial charge in [0.1, 0.15) is 0 Å². The summed E-state index contributed by atoms with van der Waals surface area (Å²) in [5, 5.41) is 13.5. The van der Waals surface area contributed by atoms with E-state index in [1.54, 1.807) is 6.20 Å². The van der Waals surface area contributed by atoms with Gasteiger partial charge >= 0.3 is 0 Å². The molecule has 1 saturated carbocycles. The Morgan fingerprint density at radius 2 is 2.00 bits per heavy atom. The van der Waals surface area contributed by atoms with Crippen LogP contribution in [0.5, 0.6) is 0 Å². The van der Waals surface area contributed by atoms with Crippen LogP contribution < -0.4 is 5.73 Å². The van der Waals surface area contributed by atoms with Gasteiger partial charge in [0.15, 0.2) is 0 Å². The van der Waals surface area contributed by atoms with Crippen molar-refractivity contribution in [1.29, 1.82) is 0 Å². The SMILES string of the molecule is Nc1oncc1-c1ccc(CCC2(O)CC2)cc1. The molecular formula is C14H16N2O2. The van der Waals surface area contributed by atoms with Crippen LogP contribution in [0.3, 0.4) is 0 Å². The van der Waals surface area contributed by atoms with Crippen LogP contribution in [0, 0.1) is 0 Å². The largest absolute Gasteiger partial charge is 0.390 e. The van der Waals surface area contributed by atoms with Gasteiger partial charge in [-0.05, 0) is 36.8 Å². The Labute approximate surface area is 105 Å². The second-order valence-electron chi connectivity index (χ2n) is 5.02. The zero-order valence-corrected chi connectivity index (χ0v) is 10.1. The molecule has 1 aromatic heterocycles. The maximum Gasteiger partial charge on any atom is 0.229 e. The first-order valence-electron chi connectivity index (χ1n) is 6.18. The van der Waals surface area contributed by atoms with Crippen LogP contribution in [0.4, 0.5) is 5.88 Å². The topological polar surface area (TPSA) is 72.3 Å². The van der Waals surface area contributed by atoms with E-state index in [1.165, 1.54) is 5.56 Å². The molecule has 0 aliphatic heterocycles. The van der Waals surface area contributed by atoms with Gasteiger partial charge in [0.05, 0.1) is 17.4 Å². The lowest BCUT2D eigenvalue weighted by Gasteiger charge is -2.07. The van der Waals surface area contributed by atoms with Crippen molar-refractivity contribution in [2.75, 3.05) is 5.73 Å².